The Kier molecular flexibility index (Phi) is 3.71. The van der Waals surface area contributed by atoms with E-state index in [1.165, 1.54) is 0 Å². The van der Waals surface area contributed by atoms with Gasteiger partial charge < -0.3 is 5.32 Å². The molecule has 2 aromatic rings. The molecule has 2 heterocycles. The van der Waals surface area contributed by atoms with Gasteiger partial charge in [0.25, 0.3) is 0 Å². The van der Waals surface area contributed by atoms with Crippen LogP contribution < -0.4 is 5.32 Å². The fraction of sp³-hybridized carbons (Fsp3) is 0.318. The Morgan fingerprint density at radius 1 is 1.19 bits per heavy atom. The SMILES string of the molecule is CC1(C)CC(=O)C2=C(C1)Nc1ncc(F)c(C#N)c1[C@]2(C)c1ccccc1. The second-order valence-corrected chi connectivity index (χ2v) is 8.23. The van der Waals surface area contributed by atoms with Gasteiger partial charge in [0.2, 0.25) is 0 Å². The number of carbonyl (C=O) groups excluding carboxylic acids is 1. The van der Waals surface area contributed by atoms with Crippen LogP contribution in [0.15, 0.2) is 47.8 Å². The Balaban J connectivity index is 2.10. The summed E-state index contributed by atoms with van der Waals surface area (Å²) in [6.07, 6.45) is 2.17. The number of hydrogen-bond acceptors (Lipinski definition) is 4. The molecule has 0 unspecified atom stereocenters. The van der Waals surface area contributed by atoms with Gasteiger partial charge in [-0.25, -0.2) is 9.37 Å². The number of rotatable bonds is 1. The lowest BCUT2D eigenvalue weighted by Gasteiger charge is -2.44. The molecule has 27 heavy (non-hydrogen) atoms. The minimum Gasteiger partial charge on any atom is -0.343 e. The molecule has 0 bridgehead atoms. The molecule has 0 saturated heterocycles. The Morgan fingerprint density at radius 2 is 1.89 bits per heavy atom. The Hall–Kier alpha value is -3.00. The first-order valence-electron chi connectivity index (χ1n) is 8.96. The first-order chi connectivity index (χ1) is 12.8. The molecule has 1 aromatic heterocycles. The molecule has 2 aliphatic rings. The number of anilines is 1. The lowest BCUT2D eigenvalue weighted by molar-refractivity contribution is -0.118. The highest BCUT2D eigenvalue weighted by Crippen LogP contribution is 2.52. The van der Waals surface area contributed by atoms with Gasteiger partial charge in [-0.1, -0.05) is 44.2 Å². The Bertz CT molecular complexity index is 1030. The van der Waals surface area contributed by atoms with Crippen molar-refractivity contribution < 1.29 is 9.18 Å². The fourth-order valence-corrected chi connectivity index (χ4v) is 4.52. The van der Waals surface area contributed by atoms with Crippen LogP contribution in [0.5, 0.6) is 0 Å². The van der Waals surface area contributed by atoms with Crippen molar-refractivity contribution >= 4 is 11.6 Å². The lowest BCUT2D eigenvalue weighted by Crippen LogP contribution is -2.43. The third-order valence-corrected chi connectivity index (χ3v) is 5.64. The largest absolute Gasteiger partial charge is 0.343 e. The predicted molar refractivity (Wildman–Crippen MR) is 100 cm³/mol. The average molecular weight is 361 g/mol. The van der Waals surface area contributed by atoms with Crippen LogP contribution >= 0.6 is 0 Å². The van der Waals surface area contributed by atoms with Gasteiger partial charge in [0.1, 0.15) is 11.9 Å². The molecule has 0 spiro atoms. The van der Waals surface area contributed by atoms with Crippen LogP contribution in [0, 0.1) is 22.6 Å². The van der Waals surface area contributed by atoms with Crippen molar-refractivity contribution in [2.24, 2.45) is 5.41 Å². The highest BCUT2D eigenvalue weighted by atomic mass is 19.1. The van der Waals surface area contributed by atoms with Crippen LogP contribution in [-0.4, -0.2) is 10.8 Å². The molecular formula is C22H20FN3O. The number of carbonyl (C=O) groups is 1. The number of nitrogens with zero attached hydrogens (tertiary/aromatic N) is 2. The number of aromatic nitrogens is 1. The van der Waals surface area contributed by atoms with E-state index >= 15 is 0 Å². The van der Waals surface area contributed by atoms with E-state index in [0.717, 1.165) is 17.5 Å². The number of hydrogen-bond donors (Lipinski definition) is 1. The van der Waals surface area contributed by atoms with Crippen LogP contribution in [0.2, 0.25) is 0 Å². The van der Waals surface area contributed by atoms with Gasteiger partial charge in [-0.3, -0.25) is 4.79 Å². The van der Waals surface area contributed by atoms with Crippen LogP contribution in [0.4, 0.5) is 10.2 Å². The van der Waals surface area contributed by atoms with Crippen LogP contribution in [0.1, 0.15) is 50.3 Å². The van der Waals surface area contributed by atoms with E-state index < -0.39 is 11.2 Å². The van der Waals surface area contributed by atoms with Crippen LogP contribution in [0.25, 0.3) is 0 Å². The standard InChI is InChI=1S/C22H20FN3O/c1-21(2)9-16-19(17(27)10-21)22(3,13-7-5-4-6-8-13)18-14(11-24)15(23)12-25-20(18)26-16/h4-8,12H,9-10H2,1-3H3,(H,25,26)/t22-/m0/s1. The van der Waals surface area contributed by atoms with Crippen molar-refractivity contribution in [1.82, 2.24) is 4.98 Å². The molecule has 0 fully saturated rings. The molecule has 4 nitrogen and oxygen atoms in total. The third kappa shape index (κ3) is 2.48. The maximum absolute atomic E-state index is 14.5. The first kappa shape index (κ1) is 17.4. The van der Waals surface area contributed by atoms with Gasteiger partial charge >= 0.3 is 0 Å². The second kappa shape index (κ2) is 5.75. The summed E-state index contributed by atoms with van der Waals surface area (Å²) in [5, 5.41) is 12.9. The van der Waals surface area contributed by atoms with Crippen molar-refractivity contribution in [3.05, 3.63) is 70.3 Å². The smallest absolute Gasteiger partial charge is 0.162 e. The Morgan fingerprint density at radius 3 is 2.56 bits per heavy atom. The van der Waals surface area contributed by atoms with Gasteiger partial charge in [0.15, 0.2) is 11.6 Å². The Labute approximate surface area is 157 Å². The predicted octanol–water partition coefficient (Wildman–Crippen LogP) is 4.47. The lowest BCUT2D eigenvalue weighted by atomic mass is 9.61. The maximum atomic E-state index is 14.5. The average Bonchev–Trinajstić information content (AvgIpc) is 2.61. The molecule has 1 atom stereocenters. The van der Waals surface area contributed by atoms with Gasteiger partial charge in [-0.05, 0) is 24.3 Å². The van der Waals surface area contributed by atoms with Gasteiger partial charge in [0.05, 0.1) is 17.2 Å². The number of halogens is 1. The molecule has 1 aliphatic heterocycles. The fourth-order valence-electron chi connectivity index (χ4n) is 4.52. The molecule has 136 valence electrons. The summed E-state index contributed by atoms with van der Waals surface area (Å²) in [5.74, 6) is -0.199. The van der Waals surface area contributed by atoms with Crippen LogP contribution in [0.3, 0.4) is 0 Å². The molecule has 1 aromatic carbocycles. The van der Waals surface area contributed by atoms with E-state index in [9.17, 15) is 14.4 Å². The molecule has 0 radical (unpaired) electrons. The molecule has 0 amide bonds. The summed E-state index contributed by atoms with van der Waals surface area (Å²) < 4.78 is 14.5. The minimum atomic E-state index is -0.940. The quantitative estimate of drug-likeness (QED) is 0.814. The summed E-state index contributed by atoms with van der Waals surface area (Å²) in [7, 11) is 0. The second-order valence-electron chi connectivity index (χ2n) is 8.23. The summed E-state index contributed by atoms with van der Waals surface area (Å²) in [6, 6.07) is 11.5. The number of nitrogens with one attached hydrogen (secondary N) is 1. The molecule has 4 rings (SSSR count). The number of pyridine rings is 1. The van der Waals surface area contributed by atoms with Gasteiger partial charge in [-0.2, -0.15) is 5.26 Å². The van der Waals surface area contributed by atoms with Crippen molar-refractivity contribution in [2.45, 2.75) is 39.0 Å². The zero-order valence-electron chi connectivity index (χ0n) is 15.6. The number of benzene rings is 1. The zero-order valence-corrected chi connectivity index (χ0v) is 15.6. The highest BCUT2D eigenvalue weighted by molar-refractivity contribution is 6.03. The summed E-state index contributed by atoms with van der Waals surface area (Å²) in [5.41, 5.74) is 1.53. The maximum Gasteiger partial charge on any atom is 0.162 e. The third-order valence-electron chi connectivity index (χ3n) is 5.64. The van der Waals surface area contributed by atoms with E-state index in [1.54, 1.807) is 0 Å². The van der Waals surface area contributed by atoms with Crippen molar-refractivity contribution in [2.75, 3.05) is 5.32 Å². The normalized spacial score (nSPS) is 23.1. The topological polar surface area (TPSA) is 65.8 Å². The number of Topliss-reactive ketones (excluding diaryl/α,β-unsaturated/α-hetero) is 1. The molecule has 1 N–H and O–H groups in total. The van der Waals surface area contributed by atoms with E-state index in [4.69, 9.17) is 0 Å². The molecule has 0 saturated carbocycles. The summed E-state index contributed by atoms with van der Waals surface area (Å²) in [4.78, 5) is 17.5. The number of ketones is 1. The number of nitriles is 1. The van der Waals surface area contributed by atoms with Crippen molar-refractivity contribution in [3.63, 3.8) is 0 Å². The van der Waals surface area contributed by atoms with Crippen molar-refractivity contribution in [1.29, 1.82) is 5.26 Å². The first-order valence-corrected chi connectivity index (χ1v) is 8.96. The van der Waals surface area contributed by atoms with E-state index in [0.29, 0.717) is 29.8 Å². The van der Waals surface area contributed by atoms with Gasteiger partial charge in [-0.15, -0.1) is 0 Å². The molecular weight excluding hydrogens is 341 g/mol. The van der Waals surface area contributed by atoms with E-state index in [2.05, 4.69) is 24.1 Å². The highest BCUT2D eigenvalue weighted by Gasteiger charge is 2.49. The van der Waals surface area contributed by atoms with E-state index in [-0.39, 0.29) is 16.8 Å². The van der Waals surface area contributed by atoms with E-state index in [1.807, 2.05) is 43.3 Å². The molecule has 1 aliphatic carbocycles. The monoisotopic (exact) mass is 361 g/mol. The number of fused-ring (bicyclic) bond motifs is 1. The minimum absolute atomic E-state index is 0.0268. The van der Waals surface area contributed by atoms with Crippen LogP contribution in [-0.2, 0) is 10.2 Å². The summed E-state index contributed by atoms with van der Waals surface area (Å²) in [6.45, 7) is 6.02. The van der Waals surface area contributed by atoms with Gasteiger partial charge in [0, 0.05) is 23.3 Å². The van der Waals surface area contributed by atoms with Crippen molar-refractivity contribution in [3.8, 4) is 6.07 Å². The number of allylic oxidation sites excluding steroid dienone is 2. The summed E-state index contributed by atoms with van der Waals surface area (Å²) >= 11 is 0. The molecule has 5 heteroatoms. The zero-order chi connectivity index (χ0) is 19.4.